The molecule has 0 aromatic heterocycles. The summed E-state index contributed by atoms with van der Waals surface area (Å²) < 4.78 is 6.07. The summed E-state index contributed by atoms with van der Waals surface area (Å²) in [6.07, 6.45) is 3.86. The van der Waals surface area contributed by atoms with E-state index in [0.29, 0.717) is 0 Å². The summed E-state index contributed by atoms with van der Waals surface area (Å²) in [5.74, 6) is 2.90. The number of hydrogen-bond donors (Lipinski definition) is 1. The van der Waals surface area contributed by atoms with Gasteiger partial charge in [0.2, 0.25) is 0 Å². The van der Waals surface area contributed by atoms with Crippen LogP contribution in [0.4, 0.5) is 0 Å². The maximum atomic E-state index is 6.07. The minimum Gasteiger partial charge on any atom is -0.493 e. The zero-order chi connectivity index (χ0) is 16.1. The Hall–Kier alpha value is -1.02. The fourth-order valence-electron chi connectivity index (χ4n) is 3.93. The van der Waals surface area contributed by atoms with Crippen LogP contribution in [0.3, 0.4) is 0 Å². The number of hydrogen-bond acceptors (Lipinski definition) is 1. The molecular formula is C20H34NO+. The lowest BCUT2D eigenvalue weighted by atomic mass is 9.92. The lowest BCUT2D eigenvalue weighted by molar-refractivity contribution is -0.912. The van der Waals surface area contributed by atoms with Crippen LogP contribution in [-0.2, 0) is 0 Å². The lowest BCUT2D eigenvalue weighted by Gasteiger charge is -2.32. The molecule has 1 saturated heterocycles. The fraction of sp³-hybridized carbons (Fsp3) is 0.700. The highest BCUT2D eigenvalue weighted by atomic mass is 16.5. The number of likely N-dealkylation sites (tertiary alicyclic amines) is 1. The van der Waals surface area contributed by atoms with Gasteiger partial charge in [0.25, 0.3) is 0 Å². The van der Waals surface area contributed by atoms with Gasteiger partial charge in [0, 0.05) is 11.8 Å². The van der Waals surface area contributed by atoms with Crippen LogP contribution in [0, 0.1) is 32.6 Å². The number of quaternary nitrogens is 1. The van der Waals surface area contributed by atoms with Gasteiger partial charge in [-0.3, -0.25) is 0 Å². The summed E-state index contributed by atoms with van der Waals surface area (Å²) in [6.45, 7) is 16.2. The summed E-state index contributed by atoms with van der Waals surface area (Å²) in [7, 11) is 0. The van der Waals surface area contributed by atoms with Crippen molar-refractivity contribution in [1.29, 1.82) is 0 Å². The third-order valence-corrected chi connectivity index (χ3v) is 5.12. The third kappa shape index (κ3) is 4.74. The van der Waals surface area contributed by atoms with Gasteiger partial charge in [0.05, 0.1) is 26.2 Å². The van der Waals surface area contributed by atoms with E-state index in [9.17, 15) is 0 Å². The SMILES string of the molecule is Cc1ccc(C)c(OCCCC[NH+]2C[C@@H](C)C[C@H](C)C2)c1C. The number of rotatable bonds is 6. The number of unbranched alkanes of at least 4 members (excludes halogenated alkanes) is 1. The molecule has 0 spiro atoms. The summed E-state index contributed by atoms with van der Waals surface area (Å²) in [5.41, 5.74) is 3.87. The molecule has 1 aromatic carbocycles. The number of benzene rings is 1. The highest BCUT2D eigenvalue weighted by Gasteiger charge is 2.24. The molecule has 1 heterocycles. The zero-order valence-corrected chi connectivity index (χ0v) is 15.2. The molecule has 0 saturated carbocycles. The van der Waals surface area contributed by atoms with Gasteiger partial charge >= 0.3 is 0 Å². The highest BCUT2D eigenvalue weighted by Crippen LogP contribution is 2.25. The lowest BCUT2D eigenvalue weighted by Crippen LogP contribution is -3.14. The van der Waals surface area contributed by atoms with Gasteiger partial charge in [-0.2, -0.15) is 0 Å². The second-order valence-electron chi connectivity index (χ2n) is 7.56. The number of nitrogens with one attached hydrogen (secondary N) is 1. The molecule has 1 aliphatic heterocycles. The quantitative estimate of drug-likeness (QED) is 0.796. The molecule has 2 heteroatoms. The van der Waals surface area contributed by atoms with E-state index in [-0.39, 0.29) is 0 Å². The van der Waals surface area contributed by atoms with Crippen molar-refractivity contribution in [3.05, 3.63) is 28.8 Å². The first kappa shape index (κ1) is 17.3. The van der Waals surface area contributed by atoms with Gasteiger partial charge < -0.3 is 9.64 Å². The molecule has 2 nitrogen and oxygen atoms in total. The standard InChI is InChI=1S/C20H33NO/c1-15-12-16(2)14-21(13-15)10-6-7-11-22-20-18(4)9-8-17(3)19(20)5/h8-9,15-16H,6-7,10-14H2,1-5H3/p+1/t15-,16-/m0/s1. The molecule has 2 atom stereocenters. The maximum absolute atomic E-state index is 6.07. The van der Waals surface area contributed by atoms with Crippen LogP contribution < -0.4 is 9.64 Å². The normalized spacial score (nSPS) is 25.2. The van der Waals surface area contributed by atoms with Crippen LogP contribution in [0.5, 0.6) is 5.75 Å². The van der Waals surface area contributed by atoms with Crippen LogP contribution in [-0.4, -0.2) is 26.2 Å². The summed E-state index contributed by atoms with van der Waals surface area (Å²) >= 11 is 0. The maximum Gasteiger partial charge on any atom is 0.125 e. The van der Waals surface area contributed by atoms with Gasteiger partial charge in [-0.25, -0.2) is 0 Å². The average Bonchev–Trinajstić information content (AvgIpc) is 2.45. The smallest absolute Gasteiger partial charge is 0.125 e. The van der Waals surface area contributed by atoms with Crippen molar-refractivity contribution >= 4 is 0 Å². The van der Waals surface area contributed by atoms with E-state index in [1.165, 1.54) is 55.6 Å². The molecule has 124 valence electrons. The van der Waals surface area contributed by atoms with E-state index in [4.69, 9.17) is 4.74 Å². The molecule has 0 bridgehead atoms. The Morgan fingerprint density at radius 2 is 1.64 bits per heavy atom. The Kier molecular flexibility index (Phi) is 6.31. The Morgan fingerprint density at radius 3 is 2.32 bits per heavy atom. The van der Waals surface area contributed by atoms with Gasteiger partial charge in [-0.15, -0.1) is 0 Å². The van der Waals surface area contributed by atoms with Crippen molar-refractivity contribution < 1.29 is 9.64 Å². The van der Waals surface area contributed by atoms with Crippen molar-refractivity contribution in [2.75, 3.05) is 26.2 Å². The van der Waals surface area contributed by atoms with Crippen molar-refractivity contribution in [1.82, 2.24) is 0 Å². The molecule has 2 rings (SSSR count). The van der Waals surface area contributed by atoms with E-state index in [2.05, 4.69) is 46.8 Å². The first-order valence-corrected chi connectivity index (χ1v) is 9.00. The van der Waals surface area contributed by atoms with E-state index < -0.39 is 0 Å². The average molecular weight is 304 g/mol. The Bertz CT molecular complexity index is 473. The first-order chi connectivity index (χ1) is 10.5. The van der Waals surface area contributed by atoms with Crippen LogP contribution in [0.25, 0.3) is 0 Å². The van der Waals surface area contributed by atoms with Gasteiger partial charge in [0.15, 0.2) is 0 Å². The van der Waals surface area contributed by atoms with Crippen LogP contribution in [0.1, 0.15) is 49.8 Å². The molecule has 1 aliphatic rings. The summed E-state index contributed by atoms with van der Waals surface area (Å²) in [4.78, 5) is 1.80. The largest absolute Gasteiger partial charge is 0.493 e. The number of aryl methyl sites for hydroxylation is 2. The second-order valence-corrected chi connectivity index (χ2v) is 7.56. The second kappa shape index (κ2) is 8.01. The van der Waals surface area contributed by atoms with Crippen LogP contribution in [0.15, 0.2) is 12.1 Å². The predicted molar refractivity (Wildman–Crippen MR) is 93.9 cm³/mol. The molecular weight excluding hydrogens is 270 g/mol. The van der Waals surface area contributed by atoms with Crippen LogP contribution >= 0.6 is 0 Å². The molecule has 0 aliphatic carbocycles. The van der Waals surface area contributed by atoms with Crippen LogP contribution in [0.2, 0.25) is 0 Å². The van der Waals surface area contributed by atoms with E-state index in [0.717, 1.165) is 24.2 Å². The van der Waals surface area contributed by atoms with Gasteiger partial charge in [-0.1, -0.05) is 26.0 Å². The van der Waals surface area contributed by atoms with Crippen molar-refractivity contribution in [2.45, 2.75) is 53.9 Å². The van der Waals surface area contributed by atoms with Gasteiger partial charge in [0.1, 0.15) is 5.75 Å². The van der Waals surface area contributed by atoms with E-state index in [1.807, 2.05) is 0 Å². The zero-order valence-electron chi connectivity index (χ0n) is 15.2. The number of ether oxygens (including phenoxy) is 1. The first-order valence-electron chi connectivity index (χ1n) is 9.00. The molecule has 0 radical (unpaired) electrons. The predicted octanol–water partition coefficient (Wildman–Crippen LogP) is 3.33. The third-order valence-electron chi connectivity index (χ3n) is 5.12. The highest BCUT2D eigenvalue weighted by molar-refractivity contribution is 5.44. The van der Waals surface area contributed by atoms with Gasteiger partial charge in [-0.05, 0) is 56.7 Å². The summed E-state index contributed by atoms with van der Waals surface area (Å²) in [6, 6.07) is 4.35. The molecule has 1 fully saturated rings. The van der Waals surface area contributed by atoms with E-state index >= 15 is 0 Å². The Morgan fingerprint density at radius 1 is 1.00 bits per heavy atom. The molecule has 0 unspecified atom stereocenters. The molecule has 1 N–H and O–H groups in total. The van der Waals surface area contributed by atoms with Crippen molar-refractivity contribution in [3.8, 4) is 5.75 Å². The Labute approximate surface area is 136 Å². The molecule has 22 heavy (non-hydrogen) atoms. The van der Waals surface area contributed by atoms with Crippen molar-refractivity contribution in [2.24, 2.45) is 11.8 Å². The fourth-order valence-corrected chi connectivity index (χ4v) is 3.93. The summed E-state index contributed by atoms with van der Waals surface area (Å²) in [5, 5.41) is 0. The number of piperidine rings is 1. The minimum atomic E-state index is 0.851. The molecule has 0 amide bonds. The Balaban J connectivity index is 1.71. The van der Waals surface area contributed by atoms with E-state index in [1.54, 1.807) is 4.90 Å². The topological polar surface area (TPSA) is 13.7 Å². The molecule has 1 aromatic rings. The van der Waals surface area contributed by atoms with Crippen molar-refractivity contribution in [3.63, 3.8) is 0 Å². The monoisotopic (exact) mass is 304 g/mol. The minimum absolute atomic E-state index is 0.851.